The van der Waals surface area contributed by atoms with Crippen LogP contribution in [0.5, 0.6) is 0 Å². The summed E-state index contributed by atoms with van der Waals surface area (Å²) in [5, 5.41) is 10.00. The van der Waals surface area contributed by atoms with E-state index in [0.29, 0.717) is 0 Å². The van der Waals surface area contributed by atoms with Crippen molar-refractivity contribution < 1.29 is 9.31 Å². The second-order valence-corrected chi connectivity index (χ2v) is 1.73. The summed E-state index contributed by atoms with van der Waals surface area (Å²) in [4.78, 5) is 9.43. The zero-order valence-electron chi connectivity index (χ0n) is 6.37. The van der Waals surface area contributed by atoms with E-state index in [1.165, 1.54) is 0 Å². The molecule has 4 heteroatoms. The van der Waals surface area contributed by atoms with Crippen LogP contribution in [0.1, 0.15) is 0 Å². The lowest BCUT2D eigenvalue weighted by Gasteiger charge is -1.87. The Labute approximate surface area is 69.3 Å². The van der Waals surface area contributed by atoms with Gasteiger partial charge in [0, 0.05) is 12.1 Å². The number of halogens is 1. The maximum absolute atomic E-state index is 12.1. The highest BCUT2D eigenvalue weighted by Crippen LogP contribution is 2.09. The summed E-state index contributed by atoms with van der Waals surface area (Å²) in [7, 11) is 0. The third-order valence-corrected chi connectivity index (χ3v) is 1.04. The lowest BCUT2D eigenvalue weighted by Crippen LogP contribution is -1.86. The third-order valence-electron chi connectivity index (χ3n) is 1.04. The van der Waals surface area contributed by atoms with E-state index in [-0.39, 0.29) is 5.69 Å². The van der Waals surface area contributed by atoms with E-state index in [2.05, 4.69) is 13.2 Å². The first-order valence-corrected chi connectivity index (χ1v) is 3.10. The molecule has 0 radical (unpaired) electrons. The Morgan fingerprint density at radius 2 is 1.67 bits per heavy atom. The molecule has 0 heterocycles. The number of benzene rings is 1. The summed E-state index contributed by atoms with van der Waals surface area (Å²) < 4.78 is 12.1. The van der Waals surface area contributed by atoms with Crippen LogP contribution >= 0.6 is 0 Å². The monoisotopic (exact) mass is 169 g/mol. The van der Waals surface area contributed by atoms with Gasteiger partial charge in [0.25, 0.3) is 5.69 Å². The topological polar surface area (TPSA) is 43.1 Å². The van der Waals surface area contributed by atoms with Gasteiger partial charge in [0.05, 0.1) is 4.92 Å². The van der Waals surface area contributed by atoms with Crippen molar-refractivity contribution in [2.45, 2.75) is 0 Å². The highest BCUT2D eigenvalue weighted by Gasteiger charge is 2.01. The van der Waals surface area contributed by atoms with E-state index < -0.39 is 10.7 Å². The number of hydrogen-bond acceptors (Lipinski definition) is 2. The highest BCUT2D eigenvalue weighted by atomic mass is 19.1. The first kappa shape index (κ1) is 10.3. The molecule has 0 amide bonds. The summed E-state index contributed by atoms with van der Waals surface area (Å²) >= 11 is 0. The molecule has 0 unspecified atom stereocenters. The molecule has 0 aromatic heterocycles. The van der Waals surface area contributed by atoms with Gasteiger partial charge in [-0.15, -0.1) is 13.2 Å². The molecule has 0 spiro atoms. The van der Waals surface area contributed by atoms with E-state index >= 15 is 0 Å². The maximum atomic E-state index is 12.1. The fourth-order valence-electron chi connectivity index (χ4n) is 0.563. The molecule has 0 saturated heterocycles. The molecule has 64 valence electrons. The van der Waals surface area contributed by atoms with Gasteiger partial charge >= 0.3 is 0 Å². The summed E-state index contributed by atoms with van der Waals surface area (Å²) in [6.07, 6.45) is 0. The molecule has 0 aliphatic carbocycles. The minimum absolute atomic E-state index is 0.0959. The molecule has 0 atom stereocenters. The second kappa shape index (κ2) is 5.01. The predicted molar refractivity (Wildman–Crippen MR) is 44.3 cm³/mol. The Hall–Kier alpha value is -1.71. The average molecular weight is 169 g/mol. The highest BCUT2D eigenvalue weighted by molar-refractivity contribution is 5.28. The van der Waals surface area contributed by atoms with Crippen molar-refractivity contribution in [3.8, 4) is 0 Å². The molecule has 0 aliphatic rings. The van der Waals surface area contributed by atoms with E-state index in [1.807, 2.05) is 0 Å². The van der Waals surface area contributed by atoms with E-state index in [0.717, 1.165) is 24.3 Å². The van der Waals surface area contributed by atoms with Crippen molar-refractivity contribution in [1.29, 1.82) is 0 Å². The van der Waals surface area contributed by atoms with Crippen molar-refractivity contribution in [2.24, 2.45) is 0 Å². The van der Waals surface area contributed by atoms with Gasteiger partial charge in [-0.1, -0.05) is 0 Å². The van der Waals surface area contributed by atoms with Crippen molar-refractivity contribution in [1.82, 2.24) is 0 Å². The van der Waals surface area contributed by atoms with Gasteiger partial charge in [0.2, 0.25) is 0 Å². The normalized spacial score (nSPS) is 8.08. The number of non-ortho nitro benzene ring substituents is 1. The second-order valence-electron chi connectivity index (χ2n) is 1.73. The smallest absolute Gasteiger partial charge is 0.258 e. The van der Waals surface area contributed by atoms with Gasteiger partial charge in [-0.25, -0.2) is 4.39 Å². The van der Waals surface area contributed by atoms with Crippen LogP contribution in [-0.2, 0) is 0 Å². The maximum Gasteiger partial charge on any atom is 0.269 e. The number of nitro benzene ring substituents is 1. The lowest BCUT2D eigenvalue weighted by atomic mass is 10.3. The Balaban J connectivity index is 0.000000561. The molecule has 0 saturated carbocycles. The number of nitro groups is 1. The fourth-order valence-corrected chi connectivity index (χ4v) is 0.563. The zero-order valence-corrected chi connectivity index (χ0v) is 6.37. The van der Waals surface area contributed by atoms with Gasteiger partial charge in [-0.05, 0) is 12.1 Å². The quantitative estimate of drug-likeness (QED) is 0.368. The molecule has 1 aromatic carbocycles. The van der Waals surface area contributed by atoms with Crippen LogP contribution in [0.3, 0.4) is 0 Å². The van der Waals surface area contributed by atoms with E-state index in [1.54, 1.807) is 0 Å². The minimum Gasteiger partial charge on any atom is -0.258 e. The molecule has 0 bridgehead atoms. The van der Waals surface area contributed by atoms with Crippen molar-refractivity contribution >= 4 is 5.69 Å². The number of nitrogens with zero attached hydrogens (tertiary/aromatic N) is 1. The molecule has 0 N–H and O–H groups in total. The van der Waals surface area contributed by atoms with Gasteiger partial charge in [0.1, 0.15) is 5.82 Å². The first-order chi connectivity index (χ1) is 5.70. The van der Waals surface area contributed by atoms with Crippen LogP contribution in [0.4, 0.5) is 10.1 Å². The molecular weight excluding hydrogens is 161 g/mol. The molecule has 1 aromatic rings. The van der Waals surface area contributed by atoms with Crippen LogP contribution < -0.4 is 0 Å². The Bertz CT molecular complexity index is 258. The Morgan fingerprint density at radius 3 is 2.00 bits per heavy atom. The van der Waals surface area contributed by atoms with Gasteiger partial charge in [-0.2, -0.15) is 0 Å². The van der Waals surface area contributed by atoms with Crippen molar-refractivity contribution in [3.05, 3.63) is 53.4 Å². The summed E-state index contributed by atoms with van der Waals surface area (Å²) in [5.41, 5.74) is -0.0959. The predicted octanol–water partition coefficient (Wildman–Crippen LogP) is 2.54. The van der Waals surface area contributed by atoms with Crippen LogP contribution in [0.15, 0.2) is 37.4 Å². The lowest BCUT2D eigenvalue weighted by molar-refractivity contribution is -0.384. The molecule has 0 fully saturated rings. The van der Waals surface area contributed by atoms with Crippen LogP contribution in [0, 0.1) is 15.9 Å². The van der Waals surface area contributed by atoms with Crippen LogP contribution in [-0.4, -0.2) is 4.92 Å². The molecular formula is C8H8FNO2. The van der Waals surface area contributed by atoms with Crippen molar-refractivity contribution in [2.75, 3.05) is 0 Å². The average Bonchev–Trinajstić information content (AvgIpc) is 2.09. The van der Waals surface area contributed by atoms with Gasteiger partial charge in [-0.3, -0.25) is 10.1 Å². The van der Waals surface area contributed by atoms with Gasteiger partial charge < -0.3 is 0 Å². The standard InChI is InChI=1S/C6H4FNO2.C2H4/c7-5-1-3-6(4-2-5)8(9)10;1-2/h1-4H;1-2H2. The Morgan fingerprint density at radius 1 is 1.25 bits per heavy atom. The molecule has 12 heavy (non-hydrogen) atoms. The summed E-state index contributed by atoms with van der Waals surface area (Å²) in [6, 6.07) is 4.35. The summed E-state index contributed by atoms with van der Waals surface area (Å²) in [6.45, 7) is 6.00. The van der Waals surface area contributed by atoms with Gasteiger partial charge in [0.15, 0.2) is 0 Å². The zero-order chi connectivity index (χ0) is 9.56. The SMILES string of the molecule is C=C.O=[N+]([O-])c1ccc(F)cc1. The summed E-state index contributed by atoms with van der Waals surface area (Å²) in [5.74, 6) is -0.467. The third kappa shape index (κ3) is 2.92. The molecule has 3 nitrogen and oxygen atoms in total. The number of hydrogen-bond donors (Lipinski definition) is 0. The van der Waals surface area contributed by atoms with Crippen LogP contribution in [0.2, 0.25) is 0 Å². The fraction of sp³-hybridized carbons (Fsp3) is 0. The van der Waals surface area contributed by atoms with E-state index in [4.69, 9.17) is 0 Å². The molecule has 0 aliphatic heterocycles. The largest absolute Gasteiger partial charge is 0.269 e. The van der Waals surface area contributed by atoms with E-state index in [9.17, 15) is 14.5 Å². The minimum atomic E-state index is -0.570. The van der Waals surface area contributed by atoms with Crippen LogP contribution in [0.25, 0.3) is 0 Å². The number of rotatable bonds is 1. The first-order valence-electron chi connectivity index (χ1n) is 3.10. The van der Waals surface area contributed by atoms with Crippen molar-refractivity contribution in [3.63, 3.8) is 0 Å². The Kier molecular flexibility index (Phi) is 4.30. The molecule has 1 rings (SSSR count).